The number of aromatic nitrogens is 4. The van der Waals surface area contributed by atoms with E-state index in [0.717, 1.165) is 6.42 Å². The number of hydrogen-bond acceptors (Lipinski definition) is 6. The van der Waals surface area contributed by atoms with Crippen LogP contribution in [-0.2, 0) is 0 Å². The summed E-state index contributed by atoms with van der Waals surface area (Å²) in [6.45, 7) is 3.49. The second kappa shape index (κ2) is 9.30. The number of amides is 1. The van der Waals surface area contributed by atoms with Crippen LogP contribution in [0.5, 0.6) is 0 Å². The SMILES string of the molecule is Cc1cn2cc(NC(=O)c3cnc(N4CC[C@@H](CNCCC(F)(F)F)C4)cn3)cc(F)c2n1. The number of imidazole rings is 1. The number of carbonyl (C=O) groups excluding carboxylic acids is 1. The second-order valence-electron chi connectivity index (χ2n) is 8.07. The molecule has 33 heavy (non-hydrogen) atoms. The second-order valence-corrected chi connectivity index (χ2v) is 8.07. The van der Waals surface area contributed by atoms with Gasteiger partial charge in [-0.15, -0.1) is 0 Å². The summed E-state index contributed by atoms with van der Waals surface area (Å²) in [5, 5.41) is 5.46. The van der Waals surface area contributed by atoms with Gasteiger partial charge in [-0.2, -0.15) is 13.2 Å². The van der Waals surface area contributed by atoms with Gasteiger partial charge in [0.05, 0.1) is 30.2 Å². The molecule has 4 heterocycles. The highest BCUT2D eigenvalue weighted by Crippen LogP contribution is 2.22. The normalized spacial score (nSPS) is 16.5. The van der Waals surface area contributed by atoms with Crippen molar-refractivity contribution < 1.29 is 22.4 Å². The Bertz CT molecular complexity index is 1130. The lowest BCUT2D eigenvalue weighted by molar-refractivity contribution is -0.133. The molecular weight excluding hydrogens is 442 g/mol. The number of anilines is 2. The Morgan fingerprint density at radius 2 is 2.06 bits per heavy atom. The van der Waals surface area contributed by atoms with Crippen LogP contribution in [0.15, 0.2) is 30.9 Å². The molecule has 3 aromatic rings. The van der Waals surface area contributed by atoms with Crippen LogP contribution in [-0.4, -0.2) is 57.6 Å². The Morgan fingerprint density at radius 1 is 1.24 bits per heavy atom. The first-order valence-corrected chi connectivity index (χ1v) is 10.5. The van der Waals surface area contributed by atoms with Crippen molar-refractivity contribution in [3.05, 3.63) is 48.1 Å². The van der Waals surface area contributed by atoms with Gasteiger partial charge in [0.15, 0.2) is 11.5 Å². The van der Waals surface area contributed by atoms with E-state index in [1.807, 2.05) is 4.90 Å². The van der Waals surface area contributed by atoms with Crippen molar-refractivity contribution in [1.29, 1.82) is 0 Å². The predicted molar refractivity (Wildman–Crippen MR) is 114 cm³/mol. The lowest BCUT2D eigenvalue weighted by Gasteiger charge is -2.17. The molecule has 1 saturated heterocycles. The van der Waals surface area contributed by atoms with Crippen molar-refractivity contribution in [1.82, 2.24) is 24.7 Å². The molecule has 1 fully saturated rings. The maximum atomic E-state index is 14.2. The average Bonchev–Trinajstić information content (AvgIpc) is 3.37. The molecule has 0 radical (unpaired) electrons. The summed E-state index contributed by atoms with van der Waals surface area (Å²) in [5.74, 6) is -0.290. The number of alkyl halides is 3. The third kappa shape index (κ3) is 5.75. The molecule has 2 N–H and O–H groups in total. The van der Waals surface area contributed by atoms with Gasteiger partial charge in [0.25, 0.3) is 5.91 Å². The minimum atomic E-state index is -4.15. The molecule has 0 unspecified atom stereocenters. The van der Waals surface area contributed by atoms with Crippen molar-refractivity contribution in [2.24, 2.45) is 5.92 Å². The number of carbonyl (C=O) groups is 1. The minimum absolute atomic E-state index is 0.0747. The van der Waals surface area contributed by atoms with Gasteiger partial charge in [-0.25, -0.2) is 19.3 Å². The summed E-state index contributed by atoms with van der Waals surface area (Å²) < 4.78 is 52.4. The quantitative estimate of drug-likeness (QED) is 0.412. The molecule has 0 spiro atoms. The van der Waals surface area contributed by atoms with Crippen LogP contribution in [0.3, 0.4) is 0 Å². The highest BCUT2D eigenvalue weighted by molar-refractivity contribution is 6.02. The van der Waals surface area contributed by atoms with Gasteiger partial charge < -0.3 is 19.9 Å². The van der Waals surface area contributed by atoms with E-state index in [2.05, 4.69) is 25.6 Å². The number of nitrogens with zero attached hydrogens (tertiary/aromatic N) is 5. The van der Waals surface area contributed by atoms with Crippen molar-refractivity contribution in [2.45, 2.75) is 25.9 Å². The van der Waals surface area contributed by atoms with Crippen molar-refractivity contribution in [2.75, 3.05) is 36.4 Å². The van der Waals surface area contributed by atoms with E-state index < -0.39 is 24.3 Å². The summed E-state index contributed by atoms with van der Waals surface area (Å²) in [6, 6.07) is 1.19. The van der Waals surface area contributed by atoms with Gasteiger partial charge in [0.1, 0.15) is 11.5 Å². The fraction of sp³-hybridized carbons (Fsp3) is 0.429. The molecule has 1 amide bonds. The van der Waals surface area contributed by atoms with Gasteiger partial charge in [-0.05, 0) is 25.8 Å². The third-order valence-electron chi connectivity index (χ3n) is 5.38. The Balaban J connectivity index is 1.31. The van der Waals surface area contributed by atoms with E-state index in [4.69, 9.17) is 0 Å². The fourth-order valence-corrected chi connectivity index (χ4v) is 3.79. The lowest BCUT2D eigenvalue weighted by atomic mass is 10.1. The molecule has 0 bridgehead atoms. The van der Waals surface area contributed by atoms with Gasteiger partial charge in [-0.1, -0.05) is 0 Å². The highest BCUT2D eigenvalue weighted by atomic mass is 19.4. The van der Waals surface area contributed by atoms with E-state index in [-0.39, 0.29) is 29.5 Å². The summed E-state index contributed by atoms with van der Waals surface area (Å²) >= 11 is 0. The monoisotopic (exact) mass is 465 g/mol. The van der Waals surface area contributed by atoms with Crippen LogP contribution < -0.4 is 15.5 Å². The summed E-state index contributed by atoms with van der Waals surface area (Å²) in [7, 11) is 0. The van der Waals surface area contributed by atoms with Crippen LogP contribution in [0.2, 0.25) is 0 Å². The number of pyridine rings is 1. The van der Waals surface area contributed by atoms with Gasteiger partial charge in [0, 0.05) is 38.1 Å². The Morgan fingerprint density at radius 3 is 2.79 bits per heavy atom. The summed E-state index contributed by atoms with van der Waals surface area (Å²) in [5.41, 5.74) is 1.16. The molecule has 3 aromatic heterocycles. The molecule has 0 saturated carbocycles. The molecule has 0 aromatic carbocycles. The zero-order valence-electron chi connectivity index (χ0n) is 17.9. The maximum absolute atomic E-state index is 14.2. The average molecular weight is 465 g/mol. The smallest absolute Gasteiger partial charge is 0.355 e. The first-order valence-electron chi connectivity index (χ1n) is 10.5. The Hall–Kier alpha value is -3.28. The first kappa shape index (κ1) is 22.9. The zero-order valence-corrected chi connectivity index (χ0v) is 17.9. The van der Waals surface area contributed by atoms with Gasteiger partial charge >= 0.3 is 6.18 Å². The molecule has 1 atom stereocenters. The molecule has 8 nitrogen and oxygen atoms in total. The number of hydrogen-bond donors (Lipinski definition) is 2. The predicted octanol–water partition coefficient (Wildman–Crippen LogP) is 3.19. The number of aryl methyl sites for hydroxylation is 1. The number of halogens is 4. The van der Waals surface area contributed by atoms with Crippen LogP contribution in [0.4, 0.5) is 29.1 Å². The van der Waals surface area contributed by atoms with Crippen molar-refractivity contribution in [3.63, 3.8) is 0 Å². The van der Waals surface area contributed by atoms with Crippen molar-refractivity contribution >= 4 is 23.1 Å². The van der Waals surface area contributed by atoms with Crippen LogP contribution >= 0.6 is 0 Å². The first-order chi connectivity index (χ1) is 15.7. The van der Waals surface area contributed by atoms with Gasteiger partial charge in [0.2, 0.25) is 0 Å². The topological polar surface area (TPSA) is 87.5 Å². The number of rotatable bonds is 7. The molecule has 4 rings (SSSR count). The van der Waals surface area contributed by atoms with Gasteiger partial charge in [-0.3, -0.25) is 4.79 Å². The number of fused-ring (bicyclic) bond motifs is 1. The molecule has 0 aliphatic carbocycles. The van der Waals surface area contributed by atoms with E-state index in [1.165, 1.54) is 22.9 Å². The largest absolute Gasteiger partial charge is 0.390 e. The molecule has 12 heteroatoms. The fourth-order valence-electron chi connectivity index (χ4n) is 3.79. The highest BCUT2D eigenvalue weighted by Gasteiger charge is 2.27. The molecule has 1 aliphatic rings. The van der Waals surface area contributed by atoms with Crippen LogP contribution in [0.25, 0.3) is 5.65 Å². The number of nitrogens with one attached hydrogen (secondary N) is 2. The minimum Gasteiger partial charge on any atom is -0.355 e. The Kier molecular flexibility index (Phi) is 6.45. The van der Waals surface area contributed by atoms with E-state index >= 15 is 0 Å². The molecular formula is C21H23F4N7O. The van der Waals surface area contributed by atoms with Crippen molar-refractivity contribution in [3.8, 4) is 0 Å². The third-order valence-corrected chi connectivity index (χ3v) is 5.38. The van der Waals surface area contributed by atoms with Crippen LogP contribution in [0, 0.1) is 18.7 Å². The summed E-state index contributed by atoms with van der Waals surface area (Å²) in [6.07, 6.45) is 1.86. The van der Waals surface area contributed by atoms with E-state index in [9.17, 15) is 22.4 Å². The lowest BCUT2D eigenvalue weighted by Crippen LogP contribution is -2.29. The zero-order chi connectivity index (χ0) is 23.6. The molecule has 1 aliphatic heterocycles. The van der Waals surface area contributed by atoms with E-state index in [0.29, 0.717) is 31.1 Å². The maximum Gasteiger partial charge on any atom is 0.390 e. The molecule has 176 valence electrons. The Labute approximate surface area is 187 Å². The van der Waals surface area contributed by atoms with E-state index in [1.54, 1.807) is 19.3 Å². The van der Waals surface area contributed by atoms with Crippen LogP contribution in [0.1, 0.15) is 29.0 Å². The summed E-state index contributed by atoms with van der Waals surface area (Å²) in [4.78, 5) is 27.0. The standard InChI is InChI=1S/C21H23F4N7O/c1-13-10-32-12-15(6-16(22)19(32)29-13)30-20(33)17-8-28-18(9-27-17)31-5-2-14(11-31)7-26-4-3-21(23,24)25/h6,8-10,12,14,26H,2-5,7,11H2,1H3,(H,30,33)/t14-/m0/s1.